The van der Waals surface area contributed by atoms with Gasteiger partial charge in [-0.05, 0) is 18.1 Å². The second-order valence-corrected chi connectivity index (χ2v) is 7.61. The first-order chi connectivity index (χ1) is 15.7. The highest BCUT2D eigenvalue weighted by Crippen LogP contribution is 2.22. The molecular weight excluding hydrogens is 402 g/mol. The van der Waals surface area contributed by atoms with Crippen LogP contribution in [-0.4, -0.2) is 22.7 Å². The summed E-state index contributed by atoms with van der Waals surface area (Å²) < 4.78 is 11.1. The number of rotatable bonds is 9. The number of hydrogen-bond donors (Lipinski definition) is 1. The van der Waals surface area contributed by atoms with Crippen LogP contribution in [0.25, 0.3) is 11.4 Å². The lowest BCUT2D eigenvalue weighted by atomic mass is 10.1. The van der Waals surface area contributed by atoms with E-state index in [2.05, 4.69) is 15.5 Å². The average molecular weight is 428 g/mol. The van der Waals surface area contributed by atoms with Crippen molar-refractivity contribution in [2.24, 2.45) is 0 Å². The molecule has 6 heteroatoms. The van der Waals surface area contributed by atoms with E-state index in [4.69, 9.17) is 9.26 Å². The van der Waals surface area contributed by atoms with Crippen molar-refractivity contribution in [1.82, 2.24) is 15.5 Å². The summed E-state index contributed by atoms with van der Waals surface area (Å²) in [5.41, 5.74) is 4.09. The normalized spacial score (nSPS) is 11.8. The summed E-state index contributed by atoms with van der Waals surface area (Å²) in [5, 5.41) is 7.10. The molecule has 4 aromatic rings. The highest BCUT2D eigenvalue weighted by Gasteiger charge is 2.22. The van der Waals surface area contributed by atoms with Crippen LogP contribution in [0.1, 0.15) is 28.6 Å². The number of aromatic nitrogens is 2. The zero-order valence-electron chi connectivity index (χ0n) is 17.9. The fourth-order valence-corrected chi connectivity index (χ4v) is 3.32. The Morgan fingerprint density at radius 3 is 2.28 bits per heavy atom. The van der Waals surface area contributed by atoms with Crippen LogP contribution in [0.5, 0.6) is 0 Å². The van der Waals surface area contributed by atoms with E-state index in [0.717, 1.165) is 22.3 Å². The SMILES string of the molecule is Cc1ccc(-c2noc([C@H](Cc3ccccc3)NC(=O)COCc3ccccc3)n2)cc1. The van der Waals surface area contributed by atoms with Crippen LogP contribution in [0.4, 0.5) is 0 Å². The summed E-state index contributed by atoms with van der Waals surface area (Å²) in [4.78, 5) is 17.1. The Hall–Kier alpha value is -3.77. The van der Waals surface area contributed by atoms with Crippen molar-refractivity contribution in [3.63, 3.8) is 0 Å². The predicted octanol–water partition coefficient (Wildman–Crippen LogP) is 4.66. The third-order valence-corrected chi connectivity index (χ3v) is 5.01. The van der Waals surface area contributed by atoms with Crippen molar-refractivity contribution < 1.29 is 14.1 Å². The van der Waals surface area contributed by atoms with E-state index in [-0.39, 0.29) is 12.5 Å². The Bertz CT molecular complexity index is 1130. The van der Waals surface area contributed by atoms with E-state index in [1.807, 2.05) is 91.9 Å². The van der Waals surface area contributed by atoms with Crippen LogP contribution in [0.2, 0.25) is 0 Å². The molecule has 0 fully saturated rings. The molecule has 0 bridgehead atoms. The number of benzene rings is 3. The molecule has 0 spiro atoms. The molecule has 4 rings (SSSR count). The number of amides is 1. The van der Waals surface area contributed by atoms with Gasteiger partial charge in [0.25, 0.3) is 0 Å². The van der Waals surface area contributed by atoms with Crippen LogP contribution < -0.4 is 5.32 Å². The van der Waals surface area contributed by atoms with Crippen LogP contribution in [0.3, 0.4) is 0 Å². The van der Waals surface area contributed by atoms with Crippen molar-refractivity contribution >= 4 is 5.91 Å². The number of nitrogens with zero attached hydrogens (tertiary/aromatic N) is 2. The maximum atomic E-state index is 12.6. The summed E-state index contributed by atoms with van der Waals surface area (Å²) >= 11 is 0. The second kappa shape index (κ2) is 10.5. The smallest absolute Gasteiger partial charge is 0.249 e. The Labute approximate surface area is 187 Å². The fraction of sp³-hybridized carbons (Fsp3) is 0.192. The third-order valence-electron chi connectivity index (χ3n) is 5.01. The minimum absolute atomic E-state index is 0.0564. The van der Waals surface area contributed by atoms with Crippen LogP contribution in [0.15, 0.2) is 89.5 Å². The van der Waals surface area contributed by atoms with Gasteiger partial charge in [0, 0.05) is 12.0 Å². The van der Waals surface area contributed by atoms with Crippen molar-refractivity contribution in [2.45, 2.75) is 26.0 Å². The minimum Gasteiger partial charge on any atom is -0.367 e. The molecule has 1 N–H and O–H groups in total. The Kier molecular flexibility index (Phi) is 7.05. The molecule has 0 aliphatic carbocycles. The Morgan fingerprint density at radius 1 is 0.938 bits per heavy atom. The number of hydrogen-bond acceptors (Lipinski definition) is 5. The zero-order chi connectivity index (χ0) is 22.2. The lowest BCUT2D eigenvalue weighted by Crippen LogP contribution is -2.33. The molecule has 32 heavy (non-hydrogen) atoms. The highest BCUT2D eigenvalue weighted by atomic mass is 16.5. The van der Waals surface area contributed by atoms with Gasteiger partial charge in [-0.25, -0.2) is 0 Å². The lowest BCUT2D eigenvalue weighted by molar-refractivity contribution is -0.127. The largest absolute Gasteiger partial charge is 0.367 e. The number of carbonyl (C=O) groups is 1. The minimum atomic E-state index is -0.461. The molecular formula is C26H25N3O3. The third kappa shape index (κ3) is 5.89. The van der Waals surface area contributed by atoms with Crippen molar-refractivity contribution in [3.05, 3.63) is 108 Å². The molecule has 6 nitrogen and oxygen atoms in total. The van der Waals surface area contributed by atoms with E-state index >= 15 is 0 Å². The summed E-state index contributed by atoms with van der Waals surface area (Å²) in [6.45, 7) is 2.34. The van der Waals surface area contributed by atoms with Crippen LogP contribution >= 0.6 is 0 Å². The van der Waals surface area contributed by atoms with Crippen molar-refractivity contribution in [1.29, 1.82) is 0 Å². The molecule has 1 amide bonds. The molecule has 0 unspecified atom stereocenters. The number of nitrogens with one attached hydrogen (secondary N) is 1. The molecule has 162 valence electrons. The van der Waals surface area contributed by atoms with Crippen molar-refractivity contribution in [3.8, 4) is 11.4 Å². The van der Waals surface area contributed by atoms with Gasteiger partial charge >= 0.3 is 0 Å². The van der Waals surface area contributed by atoms with Gasteiger partial charge in [-0.1, -0.05) is 95.6 Å². The Balaban J connectivity index is 1.45. The maximum Gasteiger partial charge on any atom is 0.249 e. The van der Waals surface area contributed by atoms with Crippen LogP contribution in [-0.2, 0) is 22.6 Å². The fourth-order valence-electron chi connectivity index (χ4n) is 3.32. The summed E-state index contributed by atoms with van der Waals surface area (Å²) in [7, 11) is 0. The quantitative estimate of drug-likeness (QED) is 0.420. The lowest BCUT2D eigenvalue weighted by Gasteiger charge is -2.15. The summed E-state index contributed by atoms with van der Waals surface area (Å²) in [5.74, 6) is 0.616. The zero-order valence-corrected chi connectivity index (χ0v) is 17.9. The molecule has 1 atom stereocenters. The number of carbonyl (C=O) groups excluding carboxylic acids is 1. The first-order valence-corrected chi connectivity index (χ1v) is 10.5. The molecule has 0 saturated heterocycles. The molecule has 1 aromatic heterocycles. The Morgan fingerprint density at radius 2 is 1.59 bits per heavy atom. The topological polar surface area (TPSA) is 77.2 Å². The van der Waals surface area contributed by atoms with E-state index in [9.17, 15) is 4.79 Å². The molecule has 3 aromatic carbocycles. The summed E-state index contributed by atoms with van der Waals surface area (Å²) in [6, 6.07) is 27.1. The van der Waals surface area contributed by atoms with Gasteiger partial charge in [-0.3, -0.25) is 4.79 Å². The van der Waals surface area contributed by atoms with Gasteiger partial charge in [0.15, 0.2) is 0 Å². The molecule has 1 heterocycles. The van der Waals surface area contributed by atoms with E-state index < -0.39 is 6.04 Å². The molecule has 0 aliphatic heterocycles. The monoisotopic (exact) mass is 427 g/mol. The highest BCUT2D eigenvalue weighted by molar-refractivity contribution is 5.77. The first kappa shape index (κ1) is 21.5. The van der Waals surface area contributed by atoms with Crippen LogP contribution in [0, 0.1) is 6.92 Å². The maximum absolute atomic E-state index is 12.6. The average Bonchev–Trinajstić information content (AvgIpc) is 3.31. The number of aryl methyl sites for hydroxylation is 1. The van der Waals surface area contributed by atoms with Gasteiger partial charge in [-0.2, -0.15) is 4.98 Å². The summed E-state index contributed by atoms with van der Waals surface area (Å²) in [6.07, 6.45) is 0.529. The van der Waals surface area contributed by atoms with Gasteiger partial charge in [-0.15, -0.1) is 0 Å². The van der Waals surface area contributed by atoms with Gasteiger partial charge in [0.1, 0.15) is 12.6 Å². The molecule has 0 radical (unpaired) electrons. The van der Waals surface area contributed by atoms with Gasteiger partial charge < -0.3 is 14.6 Å². The first-order valence-electron chi connectivity index (χ1n) is 10.5. The molecule has 0 aliphatic rings. The van der Waals surface area contributed by atoms with Crippen molar-refractivity contribution in [2.75, 3.05) is 6.61 Å². The van der Waals surface area contributed by atoms with Gasteiger partial charge in [0.2, 0.25) is 17.6 Å². The number of ether oxygens (including phenoxy) is 1. The van der Waals surface area contributed by atoms with E-state index in [1.165, 1.54) is 0 Å². The predicted molar refractivity (Wildman–Crippen MR) is 122 cm³/mol. The second-order valence-electron chi connectivity index (χ2n) is 7.61. The van der Waals surface area contributed by atoms with E-state index in [0.29, 0.717) is 24.7 Å². The molecule has 0 saturated carbocycles. The van der Waals surface area contributed by atoms with Gasteiger partial charge in [0.05, 0.1) is 6.61 Å². The standard InChI is InChI=1S/C26H25N3O3/c1-19-12-14-22(15-13-19)25-28-26(32-29-25)23(16-20-8-4-2-5-9-20)27-24(30)18-31-17-21-10-6-3-7-11-21/h2-15,23H,16-18H2,1H3,(H,27,30)/t23-/m0/s1. The van der Waals surface area contributed by atoms with E-state index in [1.54, 1.807) is 0 Å².